The molecule has 0 bridgehead atoms. The molecule has 1 aliphatic heterocycles. The van der Waals surface area contributed by atoms with Gasteiger partial charge in [-0.2, -0.15) is 0 Å². The van der Waals surface area contributed by atoms with Gasteiger partial charge in [0.05, 0.1) is 25.7 Å². The smallest absolute Gasteiger partial charge is 0.410 e. The van der Waals surface area contributed by atoms with E-state index >= 15 is 0 Å². The first-order chi connectivity index (χ1) is 11.1. The fourth-order valence-electron chi connectivity index (χ4n) is 3.15. The summed E-state index contributed by atoms with van der Waals surface area (Å²) in [5.41, 5.74) is 6.43. The molecule has 0 aromatic heterocycles. The predicted octanol–water partition coefficient (Wildman–Crippen LogP) is 2.28. The number of hydrogen-bond donors (Lipinski definition) is 1. The maximum atomic E-state index is 12.2. The molecule has 1 aromatic carbocycles. The molecule has 1 heterocycles. The van der Waals surface area contributed by atoms with Crippen molar-refractivity contribution in [3.05, 3.63) is 29.8 Å². The average molecular weight is 320 g/mol. The molecule has 0 aliphatic carbocycles. The van der Waals surface area contributed by atoms with Gasteiger partial charge in [-0.05, 0) is 43.9 Å². The number of methoxy groups -OCH3 is 1. The third-order valence-corrected chi connectivity index (χ3v) is 4.20. The largest absolute Gasteiger partial charge is 0.497 e. The number of benzene rings is 1. The van der Waals surface area contributed by atoms with Gasteiger partial charge >= 0.3 is 6.09 Å². The van der Waals surface area contributed by atoms with Crippen molar-refractivity contribution in [3.63, 3.8) is 0 Å². The highest BCUT2D eigenvalue weighted by Crippen LogP contribution is 2.32. The third-order valence-electron chi connectivity index (χ3n) is 4.20. The molecule has 126 valence electrons. The molecule has 6 nitrogen and oxygen atoms in total. The molecule has 2 N–H and O–H groups in total. The van der Waals surface area contributed by atoms with Crippen molar-refractivity contribution in [2.45, 2.75) is 38.1 Å². The van der Waals surface area contributed by atoms with Crippen molar-refractivity contribution in [1.29, 1.82) is 0 Å². The van der Waals surface area contributed by atoms with Gasteiger partial charge in [-0.25, -0.2) is 4.79 Å². The number of rotatable bonds is 5. The number of nitrogens with two attached hydrogens (primary N) is 1. The fraction of sp³-hybridized carbons (Fsp3) is 0.529. The van der Waals surface area contributed by atoms with Crippen molar-refractivity contribution in [2.75, 3.05) is 20.3 Å². The van der Waals surface area contributed by atoms with Gasteiger partial charge in [-0.15, -0.1) is 0 Å². The molecular weight excluding hydrogens is 296 g/mol. The van der Waals surface area contributed by atoms with Gasteiger partial charge in [0, 0.05) is 6.54 Å². The number of carbonyl (C=O) groups is 2. The quantitative estimate of drug-likeness (QED) is 0.902. The number of hydrogen-bond acceptors (Lipinski definition) is 4. The van der Waals surface area contributed by atoms with Gasteiger partial charge in [-0.3, -0.25) is 4.79 Å². The first-order valence-electron chi connectivity index (χ1n) is 7.95. The molecule has 1 aromatic rings. The van der Waals surface area contributed by atoms with Crippen LogP contribution in [-0.2, 0) is 9.53 Å². The van der Waals surface area contributed by atoms with Crippen molar-refractivity contribution >= 4 is 12.0 Å². The van der Waals surface area contributed by atoms with E-state index < -0.39 is 11.8 Å². The molecule has 0 spiro atoms. The topological polar surface area (TPSA) is 81.9 Å². The lowest BCUT2D eigenvalue weighted by Gasteiger charge is -2.38. The van der Waals surface area contributed by atoms with E-state index in [0.717, 1.165) is 24.8 Å². The van der Waals surface area contributed by atoms with Crippen LogP contribution in [0.25, 0.3) is 0 Å². The molecule has 0 saturated carbocycles. The average Bonchev–Trinajstić information content (AvgIpc) is 2.55. The minimum atomic E-state index is -0.574. The molecule has 6 heteroatoms. The highest BCUT2D eigenvalue weighted by atomic mass is 16.6. The van der Waals surface area contributed by atoms with Crippen LogP contribution in [0.3, 0.4) is 0 Å². The summed E-state index contributed by atoms with van der Waals surface area (Å²) in [5, 5.41) is 0. The first kappa shape index (κ1) is 17.1. The molecule has 0 radical (unpaired) electrons. The summed E-state index contributed by atoms with van der Waals surface area (Å²) in [4.78, 5) is 26.0. The Morgan fingerprint density at radius 1 is 1.39 bits per heavy atom. The number of carbonyl (C=O) groups excluding carboxylic acids is 2. The van der Waals surface area contributed by atoms with Crippen LogP contribution in [0, 0.1) is 0 Å². The number of primary amides is 1. The van der Waals surface area contributed by atoms with Crippen molar-refractivity contribution in [1.82, 2.24) is 4.90 Å². The van der Waals surface area contributed by atoms with Crippen LogP contribution in [0.1, 0.15) is 37.7 Å². The van der Waals surface area contributed by atoms with Gasteiger partial charge in [0.2, 0.25) is 5.91 Å². The maximum Gasteiger partial charge on any atom is 0.410 e. The van der Waals surface area contributed by atoms with Crippen LogP contribution >= 0.6 is 0 Å². The minimum absolute atomic E-state index is 0.285. The zero-order valence-corrected chi connectivity index (χ0v) is 13.7. The lowest BCUT2D eigenvalue weighted by Crippen LogP contribution is -2.50. The third kappa shape index (κ3) is 3.94. The number of nitrogens with zero attached hydrogens (tertiary/aromatic N) is 1. The van der Waals surface area contributed by atoms with E-state index in [1.165, 1.54) is 0 Å². The Morgan fingerprint density at radius 2 is 2.17 bits per heavy atom. The summed E-state index contributed by atoms with van der Waals surface area (Å²) < 4.78 is 10.4. The molecule has 2 atom stereocenters. The van der Waals surface area contributed by atoms with Crippen molar-refractivity contribution in [2.24, 2.45) is 5.73 Å². The normalized spacial score (nSPS) is 19.0. The molecule has 1 saturated heterocycles. The highest BCUT2D eigenvalue weighted by molar-refractivity contribution is 5.84. The summed E-state index contributed by atoms with van der Waals surface area (Å²) in [6.07, 6.45) is 2.20. The second-order valence-corrected chi connectivity index (χ2v) is 5.61. The zero-order chi connectivity index (χ0) is 16.8. The van der Waals surface area contributed by atoms with Gasteiger partial charge in [0.1, 0.15) is 5.75 Å². The summed E-state index contributed by atoms with van der Waals surface area (Å²) >= 11 is 0. The number of ether oxygens (including phenoxy) is 2. The lowest BCUT2D eigenvalue weighted by molar-refractivity contribution is -0.121. The Bertz CT molecular complexity index is 561. The number of piperidine rings is 1. The second kappa shape index (κ2) is 7.85. The summed E-state index contributed by atoms with van der Waals surface area (Å²) in [6, 6.07) is 6.99. The van der Waals surface area contributed by atoms with Crippen LogP contribution in [0.5, 0.6) is 5.75 Å². The van der Waals surface area contributed by atoms with Gasteiger partial charge in [-0.1, -0.05) is 12.1 Å². The standard InChI is InChI=1S/C17H24N2O4/c1-3-23-17(21)19-10-5-4-9-14(19)15(16(18)20)12-7-6-8-13(11-12)22-2/h6-8,11,14-15H,3-5,9-10H2,1-2H3,(H2,18,20). The molecule has 1 aliphatic rings. The number of amides is 2. The monoisotopic (exact) mass is 320 g/mol. The highest BCUT2D eigenvalue weighted by Gasteiger charge is 2.37. The molecule has 2 unspecified atom stereocenters. The molecule has 2 amide bonds. The van der Waals surface area contributed by atoms with Crippen molar-refractivity contribution in [3.8, 4) is 5.75 Å². The van der Waals surface area contributed by atoms with Crippen LogP contribution in [0.15, 0.2) is 24.3 Å². The minimum Gasteiger partial charge on any atom is -0.497 e. The molecule has 1 fully saturated rings. The summed E-state index contributed by atoms with van der Waals surface area (Å²) in [6.45, 7) is 2.66. The van der Waals surface area contributed by atoms with E-state index in [1.54, 1.807) is 25.0 Å². The van der Waals surface area contributed by atoms with E-state index in [9.17, 15) is 9.59 Å². The Labute approximate surface area is 136 Å². The molecule has 23 heavy (non-hydrogen) atoms. The SMILES string of the molecule is CCOC(=O)N1CCCCC1C(C(N)=O)c1cccc(OC)c1. The van der Waals surface area contributed by atoms with E-state index in [4.69, 9.17) is 15.2 Å². The molecule has 2 rings (SSSR count). The van der Waals surface area contributed by atoms with Crippen molar-refractivity contribution < 1.29 is 19.1 Å². The lowest BCUT2D eigenvalue weighted by atomic mass is 9.84. The summed E-state index contributed by atoms with van der Waals surface area (Å²) in [5.74, 6) is -0.360. The van der Waals surface area contributed by atoms with E-state index in [1.807, 2.05) is 18.2 Å². The van der Waals surface area contributed by atoms with Crippen LogP contribution in [0.2, 0.25) is 0 Å². The van der Waals surface area contributed by atoms with Gasteiger partial charge < -0.3 is 20.1 Å². The Kier molecular flexibility index (Phi) is 5.84. The van der Waals surface area contributed by atoms with Crippen LogP contribution < -0.4 is 10.5 Å². The van der Waals surface area contributed by atoms with Crippen LogP contribution in [0.4, 0.5) is 4.79 Å². The van der Waals surface area contributed by atoms with Crippen LogP contribution in [-0.4, -0.2) is 43.2 Å². The fourth-order valence-corrected chi connectivity index (χ4v) is 3.15. The van der Waals surface area contributed by atoms with E-state index in [-0.39, 0.29) is 12.1 Å². The Hall–Kier alpha value is -2.24. The maximum absolute atomic E-state index is 12.2. The first-order valence-corrected chi connectivity index (χ1v) is 7.95. The predicted molar refractivity (Wildman–Crippen MR) is 86.3 cm³/mol. The van der Waals surface area contributed by atoms with Gasteiger partial charge in [0.25, 0.3) is 0 Å². The molecular formula is C17H24N2O4. The zero-order valence-electron chi connectivity index (χ0n) is 13.7. The Morgan fingerprint density at radius 3 is 2.83 bits per heavy atom. The Balaban J connectivity index is 2.33. The summed E-state index contributed by atoms with van der Waals surface area (Å²) in [7, 11) is 1.57. The van der Waals surface area contributed by atoms with E-state index in [2.05, 4.69) is 0 Å². The van der Waals surface area contributed by atoms with E-state index in [0.29, 0.717) is 18.9 Å². The second-order valence-electron chi connectivity index (χ2n) is 5.61. The van der Waals surface area contributed by atoms with Gasteiger partial charge in [0.15, 0.2) is 0 Å². The number of likely N-dealkylation sites (tertiary alicyclic amines) is 1.